The number of allylic oxidation sites excluding steroid dienone is 1. The number of benzene rings is 1. The van der Waals surface area contributed by atoms with E-state index in [9.17, 15) is 4.39 Å². The molecular formula is C13H18FN. The molecule has 0 spiro atoms. The predicted octanol–water partition coefficient (Wildman–Crippen LogP) is 3.36. The minimum Gasteiger partial charge on any atom is -0.313 e. The highest BCUT2D eigenvalue weighted by Gasteiger charge is 2.12. The molecule has 1 aromatic carbocycles. The van der Waals surface area contributed by atoms with E-state index in [1.165, 1.54) is 6.07 Å². The number of nitrogens with one attached hydrogen (secondary N) is 1. The van der Waals surface area contributed by atoms with Gasteiger partial charge in [-0.15, -0.1) is 6.58 Å². The second kappa shape index (κ2) is 5.66. The lowest BCUT2D eigenvalue weighted by Gasteiger charge is -2.17. The summed E-state index contributed by atoms with van der Waals surface area (Å²) in [6, 6.07) is 5.30. The smallest absolute Gasteiger partial charge is 0.127 e. The Labute approximate surface area is 91.0 Å². The van der Waals surface area contributed by atoms with Crippen LogP contribution >= 0.6 is 0 Å². The molecule has 0 heterocycles. The van der Waals surface area contributed by atoms with E-state index in [1.54, 1.807) is 6.07 Å². The largest absolute Gasteiger partial charge is 0.313 e. The average molecular weight is 207 g/mol. The lowest BCUT2D eigenvalue weighted by atomic mass is 10.00. The molecule has 82 valence electrons. The fraction of sp³-hybridized carbons (Fsp3) is 0.385. The van der Waals surface area contributed by atoms with Crippen molar-refractivity contribution >= 4 is 0 Å². The van der Waals surface area contributed by atoms with Gasteiger partial charge in [0.25, 0.3) is 0 Å². The second-order valence-electron chi connectivity index (χ2n) is 3.73. The average Bonchev–Trinajstić information content (AvgIpc) is 2.24. The van der Waals surface area contributed by atoms with Crippen molar-refractivity contribution in [1.29, 1.82) is 0 Å². The van der Waals surface area contributed by atoms with Gasteiger partial charge in [-0.2, -0.15) is 0 Å². The van der Waals surface area contributed by atoms with E-state index in [0.29, 0.717) is 0 Å². The summed E-state index contributed by atoms with van der Waals surface area (Å²) in [7, 11) is 1.86. The molecule has 15 heavy (non-hydrogen) atoms. The van der Waals surface area contributed by atoms with Gasteiger partial charge in [-0.05, 0) is 32.9 Å². The van der Waals surface area contributed by atoms with Crippen LogP contribution in [0.5, 0.6) is 0 Å². The standard InChI is InChI=1S/C13H18FN/c1-4-5-6-13(15-3)11-9-10(2)7-8-12(11)14/h4,7-9,13,15H,1,5-6H2,2-3H3. The van der Waals surface area contributed by atoms with Gasteiger partial charge in [-0.3, -0.25) is 0 Å². The molecule has 0 bridgehead atoms. The first-order valence-corrected chi connectivity index (χ1v) is 5.23. The molecule has 0 aliphatic rings. The van der Waals surface area contributed by atoms with Crippen molar-refractivity contribution in [1.82, 2.24) is 5.32 Å². The summed E-state index contributed by atoms with van der Waals surface area (Å²) < 4.78 is 13.6. The second-order valence-corrected chi connectivity index (χ2v) is 3.73. The van der Waals surface area contributed by atoms with E-state index in [4.69, 9.17) is 0 Å². The molecule has 0 saturated heterocycles. The van der Waals surface area contributed by atoms with Crippen molar-refractivity contribution in [3.05, 3.63) is 47.8 Å². The van der Waals surface area contributed by atoms with Gasteiger partial charge in [0.2, 0.25) is 0 Å². The molecule has 1 aromatic rings. The summed E-state index contributed by atoms with van der Waals surface area (Å²) in [4.78, 5) is 0. The van der Waals surface area contributed by atoms with Crippen molar-refractivity contribution in [3.63, 3.8) is 0 Å². The molecule has 0 radical (unpaired) electrons. The number of hydrogen-bond donors (Lipinski definition) is 1. The van der Waals surface area contributed by atoms with Gasteiger partial charge >= 0.3 is 0 Å². The van der Waals surface area contributed by atoms with Gasteiger partial charge in [0.1, 0.15) is 5.82 Å². The lowest BCUT2D eigenvalue weighted by Crippen LogP contribution is -2.17. The minimum absolute atomic E-state index is 0.0721. The molecule has 0 aliphatic heterocycles. The van der Waals surface area contributed by atoms with Crippen LogP contribution in [0.4, 0.5) is 4.39 Å². The topological polar surface area (TPSA) is 12.0 Å². The molecule has 1 rings (SSSR count). The third kappa shape index (κ3) is 3.17. The highest BCUT2D eigenvalue weighted by Crippen LogP contribution is 2.22. The van der Waals surface area contributed by atoms with E-state index < -0.39 is 0 Å². The Kier molecular flexibility index (Phi) is 4.50. The van der Waals surface area contributed by atoms with E-state index >= 15 is 0 Å². The molecule has 1 nitrogen and oxygen atoms in total. The summed E-state index contributed by atoms with van der Waals surface area (Å²) in [6.07, 6.45) is 3.62. The van der Waals surface area contributed by atoms with Crippen LogP contribution in [0.25, 0.3) is 0 Å². The Bertz CT molecular complexity index is 333. The molecule has 0 saturated carbocycles. The molecule has 0 aliphatic carbocycles. The first-order valence-electron chi connectivity index (χ1n) is 5.23. The summed E-state index contributed by atoms with van der Waals surface area (Å²) in [5, 5.41) is 3.13. The van der Waals surface area contributed by atoms with Gasteiger partial charge < -0.3 is 5.32 Å². The van der Waals surface area contributed by atoms with E-state index in [2.05, 4.69) is 11.9 Å². The van der Waals surface area contributed by atoms with Crippen LogP contribution in [0.2, 0.25) is 0 Å². The van der Waals surface area contributed by atoms with Crippen molar-refractivity contribution in [2.45, 2.75) is 25.8 Å². The number of halogens is 1. The zero-order chi connectivity index (χ0) is 11.3. The minimum atomic E-state index is -0.135. The molecule has 0 aromatic heterocycles. The van der Waals surface area contributed by atoms with Gasteiger partial charge in [-0.25, -0.2) is 4.39 Å². The molecule has 1 unspecified atom stereocenters. The number of rotatable bonds is 5. The van der Waals surface area contributed by atoms with Crippen molar-refractivity contribution in [2.24, 2.45) is 0 Å². The third-order valence-corrected chi connectivity index (χ3v) is 2.53. The van der Waals surface area contributed by atoms with E-state index in [1.807, 2.05) is 26.1 Å². The molecule has 0 fully saturated rings. The quantitative estimate of drug-likeness (QED) is 0.730. The summed E-state index contributed by atoms with van der Waals surface area (Å²) in [6.45, 7) is 5.65. The molecule has 1 N–H and O–H groups in total. The molecule has 0 amide bonds. The number of hydrogen-bond acceptors (Lipinski definition) is 1. The third-order valence-electron chi connectivity index (χ3n) is 2.53. The van der Waals surface area contributed by atoms with E-state index in [-0.39, 0.29) is 11.9 Å². The summed E-state index contributed by atoms with van der Waals surface area (Å²) in [5.74, 6) is -0.135. The fourth-order valence-corrected chi connectivity index (χ4v) is 1.67. The van der Waals surface area contributed by atoms with Crippen molar-refractivity contribution < 1.29 is 4.39 Å². The maximum atomic E-state index is 13.6. The molecular weight excluding hydrogens is 189 g/mol. The van der Waals surface area contributed by atoms with Crippen LogP contribution < -0.4 is 5.32 Å². The predicted molar refractivity (Wildman–Crippen MR) is 62.4 cm³/mol. The Hall–Kier alpha value is -1.15. The zero-order valence-corrected chi connectivity index (χ0v) is 9.39. The Balaban J connectivity index is 2.89. The lowest BCUT2D eigenvalue weighted by molar-refractivity contribution is 0.511. The monoisotopic (exact) mass is 207 g/mol. The molecule has 1 atom stereocenters. The summed E-state index contributed by atoms with van der Waals surface area (Å²) in [5.41, 5.74) is 1.84. The first kappa shape index (κ1) is 11.9. The Morgan fingerprint density at radius 1 is 1.53 bits per heavy atom. The zero-order valence-electron chi connectivity index (χ0n) is 9.39. The van der Waals surface area contributed by atoms with Crippen LogP contribution in [0.15, 0.2) is 30.9 Å². The Morgan fingerprint density at radius 2 is 2.27 bits per heavy atom. The van der Waals surface area contributed by atoms with Gasteiger partial charge in [0.05, 0.1) is 0 Å². The maximum absolute atomic E-state index is 13.6. The molecule has 2 heteroatoms. The number of aryl methyl sites for hydroxylation is 1. The fourth-order valence-electron chi connectivity index (χ4n) is 1.67. The van der Waals surface area contributed by atoms with Crippen LogP contribution in [-0.4, -0.2) is 7.05 Å². The van der Waals surface area contributed by atoms with Gasteiger partial charge in [0.15, 0.2) is 0 Å². The van der Waals surface area contributed by atoms with Gasteiger partial charge in [0, 0.05) is 11.6 Å². The Morgan fingerprint density at radius 3 is 2.87 bits per heavy atom. The maximum Gasteiger partial charge on any atom is 0.127 e. The van der Waals surface area contributed by atoms with E-state index in [0.717, 1.165) is 24.0 Å². The summed E-state index contributed by atoms with van der Waals surface area (Å²) >= 11 is 0. The van der Waals surface area contributed by atoms with Gasteiger partial charge in [-0.1, -0.05) is 23.8 Å². The van der Waals surface area contributed by atoms with Crippen LogP contribution in [-0.2, 0) is 0 Å². The van der Waals surface area contributed by atoms with Crippen LogP contribution in [0.1, 0.15) is 30.0 Å². The van der Waals surface area contributed by atoms with Crippen LogP contribution in [0.3, 0.4) is 0 Å². The highest BCUT2D eigenvalue weighted by atomic mass is 19.1. The van der Waals surface area contributed by atoms with Crippen molar-refractivity contribution in [3.8, 4) is 0 Å². The normalized spacial score (nSPS) is 12.5. The SMILES string of the molecule is C=CCCC(NC)c1cc(C)ccc1F. The first-order chi connectivity index (χ1) is 7.19. The highest BCUT2D eigenvalue weighted by molar-refractivity contribution is 5.26. The van der Waals surface area contributed by atoms with Crippen LogP contribution in [0, 0.1) is 12.7 Å². The van der Waals surface area contributed by atoms with Crippen molar-refractivity contribution in [2.75, 3.05) is 7.05 Å².